The highest BCUT2D eigenvalue weighted by molar-refractivity contribution is 5.94. The highest BCUT2D eigenvalue weighted by Crippen LogP contribution is 2.36. The predicted molar refractivity (Wildman–Crippen MR) is 118 cm³/mol. The van der Waals surface area contributed by atoms with Gasteiger partial charge in [-0.2, -0.15) is 0 Å². The largest absolute Gasteiger partial charge is 0.493 e. The zero-order chi connectivity index (χ0) is 21.8. The highest BCUT2D eigenvalue weighted by atomic mass is 19.1. The van der Waals surface area contributed by atoms with Crippen molar-refractivity contribution in [3.63, 3.8) is 0 Å². The molecule has 4 rings (SSSR count). The molecule has 1 aromatic heterocycles. The Kier molecular flexibility index (Phi) is 5.70. The molecule has 0 aliphatic rings. The molecule has 0 saturated heterocycles. The van der Waals surface area contributed by atoms with Crippen molar-refractivity contribution < 1.29 is 18.6 Å². The van der Waals surface area contributed by atoms with E-state index in [1.54, 1.807) is 43.5 Å². The number of fused-ring (bicyclic) bond motifs is 1. The number of nitrogens with zero attached hydrogens (tertiary/aromatic N) is 2. The van der Waals surface area contributed by atoms with E-state index in [1.165, 1.54) is 18.5 Å². The van der Waals surface area contributed by atoms with Gasteiger partial charge in [-0.25, -0.2) is 14.4 Å². The number of aromatic nitrogens is 2. The van der Waals surface area contributed by atoms with Gasteiger partial charge in [0.25, 0.3) is 0 Å². The lowest BCUT2D eigenvalue weighted by atomic mass is 10.2. The van der Waals surface area contributed by atoms with E-state index >= 15 is 0 Å². The molecule has 0 spiro atoms. The fourth-order valence-corrected chi connectivity index (χ4v) is 3.08. The first kappa shape index (κ1) is 20.2. The second kappa shape index (κ2) is 8.74. The molecule has 0 atom stereocenters. The van der Waals surface area contributed by atoms with Crippen molar-refractivity contribution in [2.75, 3.05) is 24.8 Å². The molecule has 0 amide bonds. The fraction of sp³-hybridized carbons (Fsp3) is 0.130. The number of methoxy groups -OCH3 is 1. The SMILES string of the molecule is CCOc1cc2ncnc(Nc3ccc(Oc4ccc(F)cc4)c(OC)c3)c2cc1N. The minimum atomic E-state index is -0.329. The van der Waals surface area contributed by atoms with Crippen molar-refractivity contribution in [1.29, 1.82) is 0 Å². The lowest BCUT2D eigenvalue weighted by Crippen LogP contribution is -2.00. The number of hydrogen-bond acceptors (Lipinski definition) is 7. The minimum absolute atomic E-state index is 0.329. The molecule has 0 aliphatic carbocycles. The van der Waals surface area contributed by atoms with E-state index < -0.39 is 0 Å². The van der Waals surface area contributed by atoms with Gasteiger partial charge in [0.2, 0.25) is 0 Å². The van der Waals surface area contributed by atoms with Crippen molar-refractivity contribution in [2.24, 2.45) is 0 Å². The summed E-state index contributed by atoms with van der Waals surface area (Å²) in [6.45, 7) is 2.41. The minimum Gasteiger partial charge on any atom is -0.493 e. The lowest BCUT2D eigenvalue weighted by molar-refractivity contribution is 0.342. The van der Waals surface area contributed by atoms with Crippen molar-refractivity contribution in [3.05, 3.63) is 66.7 Å². The van der Waals surface area contributed by atoms with E-state index in [2.05, 4.69) is 15.3 Å². The van der Waals surface area contributed by atoms with Crippen LogP contribution in [-0.4, -0.2) is 23.7 Å². The normalized spacial score (nSPS) is 10.7. The van der Waals surface area contributed by atoms with Gasteiger partial charge in [0.1, 0.15) is 29.5 Å². The smallest absolute Gasteiger partial charge is 0.169 e. The third-order valence-electron chi connectivity index (χ3n) is 4.53. The van der Waals surface area contributed by atoms with Gasteiger partial charge >= 0.3 is 0 Å². The molecular formula is C23H21FN4O3. The number of nitrogen functional groups attached to an aromatic ring is 1. The maximum absolute atomic E-state index is 13.1. The van der Waals surface area contributed by atoms with Crippen molar-refractivity contribution in [2.45, 2.75) is 6.92 Å². The van der Waals surface area contributed by atoms with E-state index in [0.29, 0.717) is 46.6 Å². The van der Waals surface area contributed by atoms with Crippen LogP contribution >= 0.6 is 0 Å². The van der Waals surface area contributed by atoms with E-state index in [1.807, 2.05) is 13.0 Å². The molecule has 0 unspecified atom stereocenters. The summed E-state index contributed by atoms with van der Waals surface area (Å²) in [5.74, 6) is 2.36. The summed E-state index contributed by atoms with van der Waals surface area (Å²) in [7, 11) is 1.55. The molecular weight excluding hydrogens is 399 g/mol. The molecule has 7 nitrogen and oxygen atoms in total. The second-order valence-corrected chi connectivity index (χ2v) is 6.61. The molecule has 0 radical (unpaired) electrons. The summed E-state index contributed by atoms with van der Waals surface area (Å²) in [6, 6.07) is 14.7. The molecule has 0 fully saturated rings. The molecule has 1 heterocycles. The second-order valence-electron chi connectivity index (χ2n) is 6.61. The summed E-state index contributed by atoms with van der Waals surface area (Å²) in [4.78, 5) is 8.66. The van der Waals surface area contributed by atoms with Crippen LogP contribution in [0, 0.1) is 5.82 Å². The number of anilines is 3. The number of hydrogen-bond donors (Lipinski definition) is 2. The molecule has 3 aromatic carbocycles. The van der Waals surface area contributed by atoms with Gasteiger partial charge in [0.15, 0.2) is 11.5 Å². The molecule has 158 valence electrons. The van der Waals surface area contributed by atoms with E-state index in [9.17, 15) is 4.39 Å². The number of benzene rings is 3. The van der Waals surface area contributed by atoms with E-state index in [4.69, 9.17) is 19.9 Å². The Morgan fingerprint density at radius 3 is 2.52 bits per heavy atom. The topological polar surface area (TPSA) is 91.5 Å². The number of nitrogens with one attached hydrogen (secondary N) is 1. The van der Waals surface area contributed by atoms with Gasteiger partial charge < -0.3 is 25.3 Å². The monoisotopic (exact) mass is 420 g/mol. The summed E-state index contributed by atoms with van der Waals surface area (Å²) in [6.07, 6.45) is 1.47. The molecule has 4 aromatic rings. The summed E-state index contributed by atoms with van der Waals surface area (Å²) in [5, 5.41) is 4.02. The van der Waals surface area contributed by atoms with Crippen LogP contribution in [0.2, 0.25) is 0 Å². The highest BCUT2D eigenvalue weighted by Gasteiger charge is 2.12. The molecule has 8 heteroatoms. The molecule has 0 bridgehead atoms. The van der Waals surface area contributed by atoms with Crippen LogP contribution < -0.4 is 25.3 Å². The van der Waals surface area contributed by atoms with Crippen LogP contribution in [-0.2, 0) is 0 Å². The third-order valence-corrected chi connectivity index (χ3v) is 4.53. The van der Waals surface area contributed by atoms with Gasteiger partial charge in [0.05, 0.1) is 24.9 Å². The molecule has 0 saturated carbocycles. The zero-order valence-electron chi connectivity index (χ0n) is 17.1. The number of halogens is 1. The van der Waals surface area contributed by atoms with Crippen LogP contribution in [0.1, 0.15) is 6.92 Å². The van der Waals surface area contributed by atoms with Crippen LogP contribution in [0.3, 0.4) is 0 Å². The average Bonchev–Trinajstić information content (AvgIpc) is 2.77. The molecule has 0 aliphatic heterocycles. The van der Waals surface area contributed by atoms with Crippen LogP contribution in [0.25, 0.3) is 10.9 Å². The number of rotatable bonds is 7. The Bertz CT molecular complexity index is 1220. The van der Waals surface area contributed by atoms with Gasteiger partial charge in [-0.05, 0) is 49.4 Å². The van der Waals surface area contributed by atoms with Crippen LogP contribution in [0.4, 0.5) is 21.6 Å². The first-order valence-corrected chi connectivity index (χ1v) is 9.63. The van der Waals surface area contributed by atoms with Crippen molar-refractivity contribution in [1.82, 2.24) is 9.97 Å². The summed E-state index contributed by atoms with van der Waals surface area (Å²) < 4.78 is 29.9. The maximum atomic E-state index is 13.1. The molecule has 3 N–H and O–H groups in total. The summed E-state index contributed by atoms with van der Waals surface area (Å²) in [5.41, 5.74) is 8.06. The van der Waals surface area contributed by atoms with E-state index in [0.717, 1.165) is 11.1 Å². The fourth-order valence-electron chi connectivity index (χ4n) is 3.08. The van der Waals surface area contributed by atoms with Crippen molar-refractivity contribution >= 4 is 28.1 Å². The maximum Gasteiger partial charge on any atom is 0.169 e. The Morgan fingerprint density at radius 2 is 1.77 bits per heavy atom. The quantitative estimate of drug-likeness (QED) is 0.392. The Balaban J connectivity index is 1.62. The van der Waals surface area contributed by atoms with Crippen molar-refractivity contribution in [3.8, 4) is 23.0 Å². The molecule has 31 heavy (non-hydrogen) atoms. The van der Waals surface area contributed by atoms with Crippen LogP contribution in [0.15, 0.2) is 60.9 Å². The van der Waals surface area contributed by atoms with Crippen LogP contribution in [0.5, 0.6) is 23.0 Å². The lowest BCUT2D eigenvalue weighted by Gasteiger charge is -2.14. The van der Waals surface area contributed by atoms with Gasteiger partial charge in [-0.1, -0.05) is 0 Å². The Hall–Kier alpha value is -4.07. The third kappa shape index (κ3) is 4.42. The first-order valence-electron chi connectivity index (χ1n) is 9.63. The average molecular weight is 420 g/mol. The number of nitrogens with two attached hydrogens (primary N) is 1. The zero-order valence-corrected chi connectivity index (χ0v) is 17.1. The van der Waals surface area contributed by atoms with E-state index in [-0.39, 0.29) is 5.82 Å². The van der Waals surface area contributed by atoms with Gasteiger partial charge in [-0.3, -0.25) is 0 Å². The Morgan fingerprint density at radius 1 is 0.968 bits per heavy atom. The predicted octanol–water partition coefficient (Wildman–Crippen LogP) is 5.29. The van der Waals surface area contributed by atoms with Gasteiger partial charge in [-0.15, -0.1) is 0 Å². The first-order chi connectivity index (χ1) is 15.1. The number of ether oxygens (including phenoxy) is 3. The Labute approximate surface area is 178 Å². The van der Waals surface area contributed by atoms with Gasteiger partial charge in [0, 0.05) is 23.2 Å². The summed E-state index contributed by atoms with van der Waals surface area (Å²) >= 11 is 0. The standard InChI is InChI=1S/C23H21FN4O3/c1-3-30-21-12-19-17(11-18(21)25)23(27-13-26-19)28-15-6-9-20(22(10-15)29-2)31-16-7-4-14(24)5-8-16/h4-13H,3,25H2,1-2H3,(H,26,27,28).